The molecular weight excluding hydrogens is 198 g/mol. The number of aryl methyl sites for hydroxylation is 1. The van der Waals surface area contributed by atoms with Crippen LogP contribution in [0.3, 0.4) is 0 Å². The molecule has 0 fully saturated rings. The van der Waals surface area contributed by atoms with Gasteiger partial charge in [0.1, 0.15) is 11.0 Å². The lowest BCUT2D eigenvalue weighted by molar-refractivity contribution is 1.04. The first-order valence-electron chi connectivity index (χ1n) is 4.38. The van der Waals surface area contributed by atoms with Gasteiger partial charge in [0.05, 0.1) is 0 Å². The average molecular weight is 208 g/mol. The molecule has 0 spiro atoms. The smallest absolute Gasteiger partial charge is 0.133 e. The minimum absolute atomic E-state index is 0.565. The molecule has 0 N–H and O–H groups in total. The molecule has 0 aromatic carbocycles. The molecule has 0 radical (unpaired) electrons. The highest BCUT2D eigenvalue weighted by Crippen LogP contribution is 2.30. The first-order chi connectivity index (χ1) is 6.66. The van der Waals surface area contributed by atoms with E-state index in [1.165, 1.54) is 0 Å². The molecule has 0 aliphatic carbocycles. The molecule has 0 bridgehead atoms. The van der Waals surface area contributed by atoms with Crippen molar-refractivity contribution in [2.75, 3.05) is 0 Å². The molecule has 14 heavy (non-hydrogen) atoms. The largest absolute Gasteiger partial charge is 0.245 e. The zero-order valence-corrected chi connectivity index (χ0v) is 8.84. The Balaban J connectivity index is 2.35. The van der Waals surface area contributed by atoms with Gasteiger partial charge in [-0.1, -0.05) is 11.6 Å². The highest BCUT2D eigenvalue weighted by Gasteiger charge is 2.15. The van der Waals surface area contributed by atoms with Crippen LogP contribution in [0.2, 0.25) is 0 Å². The highest BCUT2D eigenvalue weighted by atomic mass is 35.5. The predicted molar refractivity (Wildman–Crippen MR) is 57.3 cm³/mol. The molecule has 0 saturated carbocycles. The van der Waals surface area contributed by atoms with E-state index in [0.717, 1.165) is 29.1 Å². The summed E-state index contributed by atoms with van der Waals surface area (Å²) >= 11 is 5.98. The summed E-state index contributed by atoms with van der Waals surface area (Å²) in [5, 5.41) is 0.565. The predicted octanol–water partition coefficient (Wildman–Crippen LogP) is 2.56. The number of rotatable bonds is 1. The standard InChI is InChI=1S/C10H10ClN3/c1-6-3-9(10(11)14-6)8-4-12-7(2)13-5-8/h4-5H,3H2,1-2H3. The summed E-state index contributed by atoms with van der Waals surface area (Å²) in [4.78, 5) is 12.4. The quantitative estimate of drug-likeness (QED) is 0.664. The third kappa shape index (κ3) is 1.68. The molecule has 2 heterocycles. The van der Waals surface area contributed by atoms with Crippen LogP contribution in [0.25, 0.3) is 5.57 Å². The third-order valence-electron chi connectivity index (χ3n) is 2.10. The van der Waals surface area contributed by atoms with E-state index in [2.05, 4.69) is 15.0 Å². The molecule has 3 nitrogen and oxygen atoms in total. The second kappa shape index (κ2) is 3.50. The summed E-state index contributed by atoms with van der Waals surface area (Å²) in [6, 6.07) is 0. The number of hydrogen-bond donors (Lipinski definition) is 0. The van der Waals surface area contributed by atoms with Gasteiger partial charge in [-0.25, -0.2) is 15.0 Å². The molecule has 0 saturated heterocycles. The molecule has 4 heteroatoms. The molecule has 1 aliphatic heterocycles. The van der Waals surface area contributed by atoms with Gasteiger partial charge in [0.25, 0.3) is 0 Å². The van der Waals surface area contributed by atoms with Crippen molar-refractivity contribution >= 4 is 22.9 Å². The van der Waals surface area contributed by atoms with E-state index in [0.29, 0.717) is 5.16 Å². The zero-order valence-electron chi connectivity index (χ0n) is 8.08. The monoisotopic (exact) mass is 207 g/mol. The number of halogens is 1. The molecule has 0 atom stereocenters. The Labute approximate surface area is 87.6 Å². The van der Waals surface area contributed by atoms with Crippen LogP contribution in [0.5, 0.6) is 0 Å². The Morgan fingerprint density at radius 2 is 1.86 bits per heavy atom. The fourth-order valence-corrected chi connectivity index (χ4v) is 1.69. The Hall–Kier alpha value is -1.22. The van der Waals surface area contributed by atoms with Crippen molar-refractivity contribution in [2.45, 2.75) is 20.3 Å². The van der Waals surface area contributed by atoms with E-state index < -0.39 is 0 Å². The molecule has 0 unspecified atom stereocenters. The fraction of sp³-hybridized carbons (Fsp3) is 0.300. The average Bonchev–Trinajstić information content (AvgIpc) is 2.47. The van der Waals surface area contributed by atoms with E-state index in [-0.39, 0.29) is 0 Å². The number of aromatic nitrogens is 2. The first kappa shape index (κ1) is 9.34. The van der Waals surface area contributed by atoms with Gasteiger partial charge in [0.15, 0.2) is 0 Å². The molecule has 1 aromatic heterocycles. The van der Waals surface area contributed by atoms with Crippen molar-refractivity contribution in [3.8, 4) is 0 Å². The lowest BCUT2D eigenvalue weighted by atomic mass is 10.1. The summed E-state index contributed by atoms with van der Waals surface area (Å²) in [6.45, 7) is 3.82. The Morgan fingerprint density at radius 1 is 1.21 bits per heavy atom. The van der Waals surface area contributed by atoms with Gasteiger partial charge < -0.3 is 0 Å². The summed E-state index contributed by atoms with van der Waals surface area (Å²) in [5.41, 5.74) is 3.01. The van der Waals surface area contributed by atoms with Crippen molar-refractivity contribution in [1.29, 1.82) is 0 Å². The van der Waals surface area contributed by atoms with Crippen LogP contribution in [0, 0.1) is 6.92 Å². The SMILES string of the molecule is CC1=NC(Cl)=C(c2cnc(C)nc2)C1. The Bertz CT molecular complexity index is 417. The first-order valence-corrected chi connectivity index (χ1v) is 4.76. The van der Waals surface area contributed by atoms with Crippen LogP contribution in [0.15, 0.2) is 22.5 Å². The minimum atomic E-state index is 0.565. The second-order valence-corrected chi connectivity index (χ2v) is 3.67. The van der Waals surface area contributed by atoms with E-state index in [4.69, 9.17) is 11.6 Å². The van der Waals surface area contributed by atoms with Gasteiger partial charge in [0, 0.05) is 35.7 Å². The molecular formula is C10H10ClN3. The second-order valence-electron chi connectivity index (χ2n) is 3.31. The van der Waals surface area contributed by atoms with E-state index >= 15 is 0 Å². The van der Waals surface area contributed by atoms with Crippen LogP contribution in [0.4, 0.5) is 0 Å². The normalized spacial score (nSPS) is 16.1. The molecule has 1 aromatic rings. The van der Waals surface area contributed by atoms with Crippen molar-refractivity contribution < 1.29 is 0 Å². The van der Waals surface area contributed by atoms with Gasteiger partial charge in [-0.2, -0.15) is 0 Å². The zero-order chi connectivity index (χ0) is 10.1. The highest BCUT2D eigenvalue weighted by molar-refractivity contribution is 6.34. The number of allylic oxidation sites excluding steroid dienone is 1. The van der Waals surface area contributed by atoms with Gasteiger partial charge in [-0.15, -0.1) is 0 Å². The van der Waals surface area contributed by atoms with Crippen LogP contribution < -0.4 is 0 Å². The molecule has 2 rings (SSSR count). The van der Waals surface area contributed by atoms with Gasteiger partial charge >= 0.3 is 0 Å². The van der Waals surface area contributed by atoms with Gasteiger partial charge in [0.2, 0.25) is 0 Å². The summed E-state index contributed by atoms with van der Waals surface area (Å²) in [5.74, 6) is 0.765. The van der Waals surface area contributed by atoms with E-state index in [1.54, 1.807) is 12.4 Å². The maximum atomic E-state index is 5.98. The summed E-state index contributed by atoms with van der Waals surface area (Å²) < 4.78 is 0. The van der Waals surface area contributed by atoms with Crippen molar-refractivity contribution in [2.24, 2.45) is 4.99 Å². The van der Waals surface area contributed by atoms with E-state index in [9.17, 15) is 0 Å². The molecule has 72 valence electrons. The third-order valence-corrected chi connectivity index (χ3v) is 2.41. The molecule has 0 amide bonds. The Kier molecular flexibility index (Phi) is 2.33. The number of hydrogen-bond acceptors (Lipinski definition) is 3. The Morgan fingerprint density at radius 3 is 2.36 bits per heavy atom. The molecule has 1 aliphatic rings. The fourth-order valence-electron chi connectivity index (χ4n) is 1.37. The topological polar surface area (TPSA) is 38.1 Å². The van der Waals surface area contributed by atoms with Crippen molar-refractivity contribution in [1.82, 2.24) is 9.97 Å². The van der Waals surface area contributed by atoms with Gasteiger partial charge in [-0.05, 0) is 13.8 Å². The van der Waals surface area contributed by atoms with Crippen LogP contribution in [-0.2, 0) is 0 Å². The number of nitrogens with zero attached hydrogens (tertiary/aromatic N) is 3. The van der Waals surface area contributed by atoms with Crippen LogP contribution in [-0.4, -0.2) is 15.7 Å². The van der Waals surface area contributed by atoms with Crippen molar-refractivity contribution in [3.05, 3.63) is 28.9 Å². The summed E-state index contributed by atoms with van der Waals surface area (Å²) in [6.07, 6.45) is 4.37. The van der Waals surface area contributed by atoms with Crippen LogP contribution in [0.1, 0.15) is 24.7 Å². The van der Waals surface area contributed by atoms with E-state index in [1.807, 2.05) is 13.8 Å². The summed E-state index contributed by atoms with van der Waals surface area (Å²) in [7, 11) is 0. The van der Waals surface area contributed by atoms with Crippen molar-refractivity contribution in [3.63, 3.8) is 0 Å². The number of aliphatic imine (C=N–C) groups is 1. The van der Waals surface area contributed by atoms with Crippen LogP contribution >= 0.6 is 11.6 Å². The lowest BCUT2D eigenvalue weighted by Gasteiger charge is -2.01. The minimum Gasteiger partial charge on any atom is -0.245 e. The maximum absolute atomic E-state index is 5.98. The van der Waals surface area contributed by atoms with Gasteiger partial charge in [-0.3, -0.25) is 0 Å². The maximum Gasteiger partial charge on any atom is 0.133 e. The lowest BCUT2D eigenvalue weighted by Crippen LogP contribution is -1.92.